The summed E-state index contributed by atoms with van der Waals surface area (Å²) in [7, 11) is 1.72. The first-order valence-corrected chi connectivity index (χ1v) is 6.33. The summed E-state index contributed by atoms with van der Waals surface area (Å²) < 4.78 is 10.2. The molecule has 3 N–H and O–H groups in total. The minimum absolute atomic E-state index is 0.453. The summed E-state index contributed by atoms with van der Waals surface area (Å²) in [5.41, 5.74) is 8.81. The van der Waals surface area contributed by atoms with Crippen LogP contribution < -0.4 is 16.4 Å². The lowest BCUT2D eigenvalue weighted by atomic mass is 10.1. The highest BCUT2D eigenvalue weighted by Gasteiger charge is 2.24. The van der Waals surface area contributed by atoms with Gasteiger partial charge in [0.1, 0.15) is 0 Å². The Balaban J connectivity index is 1.92. The fourth-order valence-electron chi connectivity index (χ4n) is 2.70. The number of nitrogens with zero attached hydrogens (tertiary/aromatic N) is 1. The van der Waals surface area contributed by atoms with Gasteiger partial charge in [0, 0.05) is 32.2 Å². The Kier molecular flexibility index (Phi) is 2.94. The molecular formula is C13H17N3O3. The van der Waals surface area contributed by atoms with Crippen molar-refractivity contribution < 1.29 is 9.15 Å². The largest absolute Gasteiger partial charge is 0.417 e. The smallest absolute Gasteiger partial charge is 0.408 e. The predicted octanol–water partition coefficient (Wildman–Crippen LogP) is 1.18. The number of anilines is 2. The van der Waals surface area contributed by atoms with Gasteiger partial charge in [-0.25, -0.2) is 4.79 Å². The Morgan fingerprint density at radius 1 is 1.58 bits per heavy atom. The van der Waals surface area contributed by atoms with E-state index in [-0.39, 0.29) is 0 Å². The first-order chi connectivity index (χ1) is 9.17. The lowest BCUT2D eigenvalue weighted by molar-refractivity contribution is 0.161. The summed E-state index contributed by atoms with van der Waals surface area (Å²) in [5, 5.41) is 0. The van der Waals surface area contributed by atoms with Crippen LogP contribution in [0, 0.1) is 5.92 Å². The second-order valence-corrected chi connectivity index (χ2v) is 4.98. The van der Waals surface area contributed by atoms with Crippen LogP contribution in [0.3, 0.4) is 0 Å². The van der Waals surface area contributed by atoms with E-state index in [2.05, 4.69) is 9.88 Å². The van der Waals surface area contributed by atoms with E-state index < -0.39 is 5.76 Å². The molecule has 0 amide bonds. The Morgan fingerprint density at radius 3 is 3.21 bits per heavy atom. The highest BCUT2D eigenvalue weighted by atomic mass is 16.5. The van der Waals surface area contributed by atoms with Crippen molar-refractivity contribution in [3.05, 3.63) is 22.7 Å². The number of nitrogens with one attached hydrogen (secondary N) is 1. The quantitative estimate of drug-likeness (QED) is 0.812. The van der Waals surface area contributed by atoms with Gasteiger partial charge in [0.25, 0.3) is 0 Å². The Labute approximate surface area is 110 Å². The standard InChI is InChI=1S/C13H17N3O3/c1-18-7-8-2-3-16(6-8)11-5-10-12(4-9(11)14)19-13(17)15-10/h4-5,8H,2-3,6-7,14H2,1H3,(H,15,17). The molecule has 1 saturated heterocycles. The minimum Gasteiger partial charge on any atom is -0.408 e. The summed E-state index contributed by atoms with van der Waals surface area (Å²) in [5.74, 6) is 0.0775. The molecule has 1 unspecified atom stereocenters. The van der Waals surface area contributed by atoms with Crippen molar-refractivity contribution >= 4 is 22.5 Å². The topological polar surface area (TPSA) is 84.5 Å². The number of aromatic nitrogens is 1. The van der Waals surface area contributed by atoms with Gasteiger partial charge in [-0.15, -0.1) is 0 Å². The number of nitrogen functional groups attached to an aromatic ring is 1. The Hall–Kier alpha value is -1.95. The van der Waals surface area contributed by atoms with Gasteiger partial charge in [0.05, 0.1) is 23.5 Å². The van der Waals surface area contributed by atoms with E-state index in [0.29, 0.717) is 22.7 Å². The number of benzene rings is 1. The van der Waals surface area contributed by atoms with E-state index in [9.17, 15) is 4.79 Å². The van der Waals surface area contributed by atoms with Crippen LogP contribution >= 0.6 is 0 Å². The Bertz CT molecular complexity index is 646. The van der Waals surface area contributed by atoms with Gasteiger partial charge in [0.2, 0.25) is 0 Å². The molecule has 0 bridgehead atoms. The number of oxazole rings is 1. The van der Waals surface area contributed by atoms with E-state index in [1.54, 1.807) is 13.2 Å². The molecule has 0 saturated carbocycles. The molecule has 0 aliphatic carbocycles. The van der Waals surface area contributed by atoms with Gasteiger partial charge in [-0.3, -0.25) is 4.98 Å². The maximum absolute atomic E-state index is 11.2. The third-order valence-corrected chi connectivity index (χ3v) is 3.60. The number of hydrogen-bond donors (Lipinski definition) is 2. The number of methoxy groups -OCH3 is 1. The SMILES string of the molecule is COCC1CCN(c2cc3[nH]c(=O)oc3cc2N)C1. The van der Waals surface area contributed by atoms with Crippen LogP contribution in [0.2, 0.25) is 0 Å². The molecule has 2 aromatic rings. The van der Waals surface area contributed by atoms with Crippen molar-refractivity contribution in [1.29, 1.82) is 0 Å². The van der Waals surface area contributed by atoms with Crippen LogP contribution in [0.25, 0.3) is 11.1 Å². The molecular weight excluding hydrogens is 246 g/mol. The van der Waals surface area contributed by atoms with Gasteiger partial charge in [-0.1, -0.05) is 0 Å². The number of aromatic amines is 1. The predicted molar refractivity (Wildman–Crippen MR) is 73.4 cm³/mol. The molecule has 1 fully saturated rings. The normalized spacial score (nSPS) is 19.4. The van der Waals surface area contributed by atoms with E-state index >= 15 is 0 Å². The molecule has 1 aliphatic rings. The summed E-state index contributed by atoms with van der Waals surface area (Å²) >= 11 is 0. The second-order valence-electron chi connectivity index (χ2n) is 4.98. The van der Waals surface area contributed by atoms with Gasteiger partial charge in [-0.05, 0) is 12.5 Å². The van der Waals surface area contributed by atoms with E-state index in [1.807, 2.05) is 6.07 Å². The number of nitrogens with two attached hydrogens (primary N) is 1. The van der Waals surface area contributed by atoms with Crippen LogP contribution in [-0.2, 0) is 4.74 Å². The highest BCUT2D eigenvalue weighted by molar-refractivity contribution is 5.85. The lowest BCUT2D eigenvalue weighted by Crippen LogP contribution is -2.22. The average Bonchev–Trinajstić information content (AvgIpc) is 2.94. The van der Waals surface area contributed by atoms with Crippen LogP contribution in [0.5, 0.6) is 0 Å². The van der Waals surface area contributed by atoms with Crippen molar-refractivity contribution in [3.63, 3.8) is 0 Å². The first kappa shape index (κ1) is 12.1. The van der Waals surface area contributed by atoms with Crippen LogP contribution in [0.4, 0.5) is 11.4 Å². The number of H-pyrrole nitrogens is 1. The summed E-state index contributed by atoms with van der Waals surface area (Å²) in [6, 6.07) is 3.58. The summed E-state index contributed by atoms with van der Waals surface area (Å²) in [6.07, 6.45) is 1.09. The molecule has 19 heavy (non-hydrogen) atoms. The highest BCUT2D eigenvalue weighted by Crippen LogP contribution is 2.31. The fourth-order valence-corrected chi connectivity index (χ4v) is 2.70. The second kappa shape index (κ2) is 4.62. The number of ether oxygens (including phenoxy) is 1. The molecule has 1 aromatic carbocycles. The monoisotopic (exact) mass is 263 g/mol. The maximum Gasteiger partial charge on any atom is 0.417 e. The van der Waals surface area contributed by atoms with Crippen molar-refractivity contribution in [2.45, 2.75) is 6.42 Å². The number of fused-ring (bicyclic) bond motifs is 1. The van der Waals surface area contributed by atoms with E-state index in [4.69, 9.17) is 14.9 Å². The molecule has 1 atom stereocenters. The zero-order valence-electron chi connectivity index (χ0n) is 10.8. The molecule has 0 radical (unpaired) electrons. The van der Waals surface area contributed by atoms with Gasteiger partial charge in [-0.2, -0.15) is 0 Å². The van der Waals surface area contributed by atoms with Crippen LogP contribution in [0.15, 0.2) is 21.3 Å². The summed E-state index contributed by atoms with van der Waals surface area (Å²) in [4.78, 5) is 16.1. The zero-order valence-corrected chi connectivity index (χ0v) is 10.8. The van der Waals surface area contributed by atoms with E-state index in [0.717, 1.165) is 31.8 Å². The average molecular weight is 263 g/mol. The van der Waals surface area contributed by atoms with Crippen molar-refractivity contribution in [3.8, 4) is 0 Å². The zero-order chi connectivity index (χ0) is 13.4. The third kappa shape index (κ3) is 2.19. The van der Waals surface area contributed by atoms with Crippen molar-refractivity contribution in [2.24, 2.45) is 5.92 Å². The third-order valence-electron chi connectivity index (χ3n) is 3.60. The molecule has 6 heteroatoms. The Morgan fingerprint density at radius 2 is 2.42 bits per heavy atom. The van der Waals surface area contributed by atoms with Crippen LogP contribution in [-0.4, -0.2) is 31.8 Å². The maximum atomic E-state index is 11.2. The molecule has 2 heterocycles. The lowest BCUT2D eigenvalue weighted by Gasteiger charge is -2.20. The first-order valence-electron chi connectivity index (χ1n) is 6.33. The van der Waals surface area contributed by atoms with Crippen molar-refractivity contribution in [1.82, 2.24) is 4.98 Å². The van der Waals surface area contributed by atoms with Gasteiger partial charge >= 0.3 is 5.76 Å². The molecule has 0 spiro atoms. The molecule has 102 valence electrons. The fraction of sp³-hybridized carbons (Fsp3) is 0.462. The molecule has 1 aliphatic heterocycles. The van der Waals surface area contributed by atoms with E-state index in [1.165, 1.54) is 0 Å². The minimum atomic E-state index is -0.453. The van der Waals surface area contributed by atoms with Crippen molar-refractivity contribution in [2.75, 3.05) is 37.4 Å². The number of rotatable bonds is 3. The van der Waals surface area contributed by atoms with Crippen LogP contribution in [0.1, 0.15) is 6.42 Å². The molecule has 3 rings (SSSR count). The van der Waals surface area contributed by atoms with Gasteiger partial charge < -0.3 is 19.8 Å². The van der Waals surface area contributed by atoms with Gasteiger partial charge in [0.15, 0.2) is 5.58 Å². The number of hydrogen-bond acceptors (Lipinski definition) is 5. The summed E-state index contributed by atoms with van der Waals surface area (Å²) in [6.45, 7) is 2.64. The molecule has 6 nitrogen and oxygen atoms in total. The molecule has 1 aromatic heterocycles.